The van der Waals surface area contributed by atoms with E-state index in [1.54, 1.807) is 11.3 Å². The molecule has 0 bridgehead atoms. The second-order valence-electron chi connectivity index (χ2n) is 5.90. The lowest BCUT2D eigenvalue weighted by atomic mass is 10.2. The molecule has 0 amide bonds. The molecule has 21 heavy (non-hydrogen) atoms. The molecule has 0 aliphatic heterocycles. The van der Waals surface area contributed by atoms with Gasteiger partial charge in [0.05, 0.1) is 11.9 Å². The Morgan fingerprint density at radius 2 is 2.05 bits per heavy atom. The number of fused-ring (bicyclic) bond motifs is 1. The Morgan fingerprint density at radius 3 is 2.67 bits per heavy atom. The van der Waals surface area contributed by atoms with Gasteiger partial charge in [-0.1, -0.05) is 6.92 Å². The summed E-state index contributed by atoms with van der Waals surface area (Å²) in [6, 6.07) is 0.758. The van der Waals surface area contributed by atoms with Crippen molar-refractivity contribution in [2.75, 3.05) is 18.9 Å². The predicted molar refractivity (Wildman–Crippen MR) is 90.2 cm³/mol. The molecule has 3 rings (SSSR count). The van der Waals surface area contributed by atoms with Gasteiger partial charge in [0.15, 0.2) is 0 Å². The molecule has 2 aromatic rings. The van der Waals surface area contributed by atoms with Crippen LogP contribution < -0.4 is 5.32 Å². The number of thiophene rings is 1. The number of nitrogens with zero attached hydrogens (tertiary/aromatic N) is 3. The average Bonchev–Trinajstić information content (AvgIpc) is 3.26. The summed E-state index contributed by atoms with van der Waals surface area (Å²) in [7, 11) is 1.95. The van der Waals surface area contributed by atoms with Gasteiger partial charge in [0, 0.05) is 18.0 Å². The van der Waals surface area contributed by atoms with Crippen LogP contribution in [0.1, 0.15) is 42.5 Å². The first-order valence-corrected chi connectivity index (χ1v) is 8.64. The Bertz CT molecular complexity index is 645. The van der Waals surface area contributed by atoms with Crippen LogP contribution in [-0.4, -0.2) is 34.5 Å². The minimum absolute atomic E-state index is 0.758. The van der Waals surface area contributed by atoms with Crippen molar-refractivity contribution < 1.29 is 0 Å². The highest BCUT2D eigenvalue weighted by Crippen LogP contribution is 2.34. The van der Waals surface area contributed by atoms with Crippen LogP contribution in [0.4, 0.5) is 5.82 Å². The Labute approximate surface area is 130 Å². The molecular weight excluding hydrogens is 280 g/mol. The van der Waals surface area contributed by atoms with Crippen molar-refractivity contribution >= 4 is 27.4 Å². The molecule has 0 unspecified atom stereocenters. The number of rotatable bonds is 6. The van der Waals surface area contributed by atoms with Crippen LogP contribution in [0.2, 0.25) is 0 Å². The van der Waals surface area contributed by atoms with Crippen LogP contribution in [0.5, 0.6) is 0 Å². The van der Waals surface area contributed by atoms with Crippen molar-refractivity contribution in [3.8, 4) is 0 Å². The highest BCUT2D eigenvalue weighted by Gasteiger charge is 2.29. The van der Waals surface area contributed by atoms with Gasteiger partial charge in [-0.2, -0.15) is 0 Å². The minimum atomic E-state index is 0.758. The number of aromatic nitrogens is 2. The molecule has 2 aromatic heterocycles. The fourth-order valence-electron chi connectivity index (χ4n) is 2.84. The monoisotopic (exact) mass is 304 g/mol. The molecule has 0 atom stereocenters. The maximum absolute atomic E-state index is 4.82. The average molecular weight is 304 g/mol. The summed E-state index contributed by atoms with van der Waals surface area (Å²) in [5.41, 5.74) is 1.30. The van der Waals surface area contributed by atoms with Gasteiger partial charge < -0.3 is 5.32 Å². The maximum Gasteiger partial charge on any atom is 0.146 e. The standard InChI is InChI=1S/C16H24N4S/c1-5-8-20(12-6-7-12)9-13-18-15(17-4)14-10(2)11(3)21-16(14)19-13/h12H,5-9H2,1-4H3,(H,17,18,19). The van der Waals surface area contributed by atoms with Crippen molar-refractivity contribution in [1.29, 1.82) is 0 Å². The molecule has 1 N–H and O–H groups in total. The summed E-state index contributed by atoms with van der Waals surface area (Å²) in [6.45, 7) is 8.58. The minimum Gasteiger partial charge on any atom is -0.372 e. The van der Waals surface area contributed by atoms with Gasteiger partial charge >= 0.3 is 0 Å². The molecule has 4 nitrogen and oxygen atoms in total. The van der Waals surface area contributed by atoms with E-state index in [1.807, 2.05) is 7.05 Å². The summed E-state index contributed by atoms with van der Waals surface area (Å²) in [5.74, 6) is 1.93. The van der Waals surface area contributed by atoms with Crippen molar-refractivity contribution in [2.24, 2.45) is 0 Å². The number of nitrogens with one attached hydrogen (secondary N) is 1. The lowest BCUT2D eigenvalue weighted by Crippen LogP contribution is -2.27. The largest absolute Gasteiger partial charge is 0.372 e. The normalized spacial score (nSPS) is 15.1. The van der Waals surface area contributed by atoms with Crippen LogP contribution in [0, 0.1) is 13.8 Å². The van der Waals surface area contributed by atoms with E-state index in [-0.39, 0.29) is 0 Å². The molecular formula is C16H24N4S. The SMILES string of the molecule is CCCN(Cc1nc(NC)c2c(C)c(C)sc2n1)C1CC1. The third-order valence-electron chi connectivity index (χ3n) is 4.23. The van der Waals surface area contributed by atoms with E-state index in [0.717, 1.165) is 35.6 Å². The smallest absolute Gasteiger partial charge is 0.146 e. The highest BCUT2D eigenvalue weighted by molar-refractivity contribution is 7.18. The second kappa shape index (κ2) is 5.89. The summed E-state index contributed by atoms with van der Waals surface area (Å²) < 4.78 is 0. The first kappa shape index (κ1) is 14.7. The summed E-state index contributed by atoms with van der Waals surface area (Å²) >= 11 is 1.78. The van der Waals surface area contributed by atoms with Gasteiger partial charge in [0.25, 0.3) is 0 Å². The fourth-order valence-corrected chi connectivity index (χ4v) is 3.89. The molecule has 1 aliphatic carbocycles. The van der Waals surface area contributed by atoms with Crippen LogP contribution >= 0.6 is 11.3 Å². The van der Waals surface area contributed by atoms with Crippen LogP contribution in [0.25, 0.3) is 10.2 Å². The van der Waals surface area contributed by atoms with E-state index in [2.05, 4.69) is 31.0 Å². The molecule has 5 heteroatoms. The number of anilines is 1. The first-order valence-electron chi connectivity index (χ1n) is 7.82. The number of aryl methyl sites for hydroxylation is 2. The lowest BCUT2D eigenvalue weighted by molar-refractivity contribution is 0.249. The number of hydrogen-bond donors (Lipinski definition) is 1. The van der Waals surface area contributed by atoms with Crippen molar-refractivity contribution in [2.45, 2.75) is 52.6 Å². The van der Waals surface area contributed by atoms with Crippen LogP contribution in [0.15, 0.2) is 0 Å². The summed E-state index contributed by atoms with van der Waals surface area (Å²) in [6.07, 6.45) is 3.85. The summed E-state index contributed by atoms with van der Waals surface area (Å²) in [5, 5.41) is 4.44. The second-order valence-corrected chi connectivity index (χ2v) is 7.11. The topological polar surface area (TPSA) is 41.1 Å². The summed E-state index contributed by atoms with van der Waals surface area (Å²) in [4.78, 5) is 14.6. The van der Waals surface area contributed by atoms with Gasteiger partial charge in [-0.05, 0) is 45.2 Å². The molecule has 1 fully saturated rings. The van der Waals surface area contributed by atoms with Crippen LogP contribution in [-0.2, 0) is 6.54 Å². The van der Waals surface area contributed by atoms with Crippen molar-refractivity contribution in [3.05, 3.63) is 16.3 Å². The van der Waals surface area contributed by atoms with Gasteiger partial charge in [0.1, 0.15) is 16.5 Å². The third kappa shape index (κ3) is 2.90. The van der Waals surface area contributed by atoms with E-state index in [4.69, 9.17) is 9.97 Å². The van der Waals surface area contributed by atoms with E-state index < -0.39 is 0 Å². The van der Waals surface area contributed by atoms with E-state index in [1.165, 1.54) is 35.1 Å². The number of hydrogen-bond acceptors (Lipinski definition) is 5. The molecule has 114 valence electrons. The van der Waals surface area contributed by atoms with Gasteiger partial charge in [0.2, 0.25) is 0 Å². The van der Waals surface area contributed by atoms with Crippen LogP contribution in [0.3, 0.4) is 0 Å². The van der Waals surface area contributed by atoms with Crippen molar-refractivity contribution in [3.63, 3.8) is 0 Å². The molecule has 0 radical (unpaired) electrons. The zero-order valence-electron chi connectivity index (χ0n) is 13.4. The first-order chi connectivity index (χ1) is 10.1. The quantitative estimate of drug-likeness (QED) is 0.883. The highest BCUT2D eigenvalue weighted by atomic mass is 32.1. The Morgan fingerprint density at radius 1 is 1.29 bits per heavy atom. The third-order valence-corrected chi connectivity index (χ3v) is 5.33. The molecule has 1 saturated carbocycles. The molecule has 0 spiro atoms. The van der Waals surface area contributed by atoms with E-state index >= 15 is 0 Å². The van der Waals surface area contributed by atoms with Gasteiger partial charge in [-0.15, -0.1) is 11.3 Å². The van der Waals surface area contributed by atoms with Crippen molar-refractivity contribution in [1.82, 2.24) is 14.9 Å². The van der Waals surface area contributed by atoms with E-state index in [9.17, 15) is 0 Å². The molecule has 1 aliphatic rings. The predicted octanol–water partition coefficient (Wildman–Crippen LogP) is 3.72. The lowest BCUT2D eigenvalue weighted by Gasteiger charge is -2.20. The van der Waals surface area contributed by atoms with E-state index in [0.29, 0.717) is 0 Å². The molecule has 0 saturated heterocycles. The maximum atomic E-state index is 4.82. The molecule has 0 aromatic carbocycles. The van der Waals surface area contributed by atoms with Gasteiger partial charge in [-0.3, -0.25) is 4.90 Å². The Kier molecular flexibility index (Phi) is 4.13. The van der Waals surface area contributed by atoms with Gasteiger partial charge in [-0.25, -0.2) is 9.97 Å². The Balaban J connectivity index is 1.95. The fraction of sp³-hybridized carbons (Fsp3) is 0.625. The zero-order chi connectivity index (χ0) is 15.0. The zero-order valence-corrected chi connectivity index (χ0v) is 14.2. The Hall–Kier alpha value is -1.20. The molecule has 2 heterocycles.